The van der Waals surface area contributed by atoms with Crippen molar-refractivity contribution in [2.24, 2.45) is 0 Å². The summed E-state index contributed by atoms with van der Waals surface area (Å²) in [5.74, 6) is 0.484. The summed E-state index contributed by atoms with van der Waals surface area (Å²) < 4.78 is 47.9. The fourth-order valence-corrected chi connectivity index (χ4v) is 4.59. The number of alkyl halides is 3. The first-order chi connectivity index (χ1) is 14.8. The lowest BCUT2D eigenvalue weighted by atomic mass is 9.97. The van der Waals surface area contributed by atoms with Gasteiger partial charge in [-0.15, -0.1) is 0 Å². The van der Waals surface area contributed by atoms with Crippen LogP contribution in [0.15, 0.2) is 30.3 Å². The zero-order chi connectivity index (χ0) is 22.2. The van der Waals surface area contributed by atoms with Crippen LogP contribution in [0, 0.1) is 0 Å². The summed E-state index contributed by atoms with van der Waals surface area (Å²) in [4.78, 5) is 14.9. The van der Waals surface area contributed by atoms with Crippen LogP contribution in [0.1, 0.15) is 67.2 Å². The number of nitrogens with zero attached hydrogens (tertiary/aromatic N) is 3. The van der Waals surface area contributed by atoms with Crippen molar-refractivity contribution in [2.45, 2.75) is 63.3 Å². The van der Waals surface area contributed by atoms with Crippen LogP contribution in [0.2, 0.25) is 0 Å². The van der Waals surface area contributed by atoms with Crippen molar-refractivity contribution in [1.29, 1.82) is 0 Å². The number of hydrogen-bond acceptors (Lipinski definition) is 4. The van der Waals surface area contributed by atoms with Crippen molar-refractivity contribution in [1.82, 2.24) is 14.7 Å². The van der Waals surface area contributed by atoms with Crippen molar-refractivity contribution in [3.05, 3.63) is 41.6 Å². The van der Waals surface area contributed by atoms with E-state index in [9.17, 15) is 18.0 Å². The molecule has 1 amide bonds. The first kappa shape index (κ1) is 21.5. The maximum Gasteiger partial charge on any atom is 0.410 e. The first-order valence-corrected chi connectivity index (χ1v) is 10.7. The number of piperidine rings is 1. The molecule has 1 aromatic carbocycles. The van der Waals surface area contributed by atoms with Gasteiger partial charge in [0.15, 0.2) is 11.7 Å². The number of nitrogens with one attached hydrogen (secondary N) is 1. The lowest BCUT2D eigenvalue weighted by Gasteiger charge is -2.34. The highest BCUT2D eigenvalue weighted by atomic mass is 19.4. The van der Waals surface area contributed by atoms with E-state index in [1.54, 1.807) is 29.2 Å². The predicted octanol–water partition coefficient (Wildman–Crippen LogP) is 4.96. The maximum absolute atomic E-state index is 13.9. The number of amides is 1. The molecule has 2 aromatic rings. The lowest BCUT2D eigenvalue weighted by Crippen LogP contribution is -2.43. The molecular formula is C22H27F3N4O2. The topological polar surface area (TPSA) is 59.4 Å². The molecule has 1 aromatic heterocycles. The number of ether oxygens (including phenoxy) is 1. The van der Waals surface area contributed by atoms with Crippen LogP contribution in [0.4, 0.5) is 19.0 Å². The minimum atomic E-state index is -4.49. The van der Waals surface area contributed by atoms with E-state index in [1.165, 1.54) is 13.2 Å². The number of benzene rings is 1. The van der Waals surface area contributed by atoms with E-state index in [1.807, 2.05) is 6.92 Å². The van der Waals surface area contributed by atoms with Crippen LogP contribution in [0.5, 0.6) is 5.75 Å². The summed E-state index contributed by atoms with van der Waals surface area (Å²) in [5.41, 5.74) is 0.749. The van der Waals surface area contributed by atoms with Crippen molar-refractivity contribution in [2.75, 3.05) is 19.0 Å². The third-order valence-electron chi connectivity index (χ3n) is 6.26. The van der Waals surface area contributed by atoms with Crippen LogP contribution in [0.25, 0.3) is 0 Å². The number of fused-ring (bicyclic) bond motifs is 1. The molecule has 6 nitrogen and oxygen atoms in total. The molecule has 3 heterocycles. The van der Waals surface area contributed by atoms with Crippen molar-refractivity contribution in [3.8, 4) is 5.75 Å². The number of rotatable bonds is 4. The van der Waals surface area contributed by atoms with Crippen molar-refractivity contribution >= 4 is 11.7 Å². The number of carbonyl (C=O) groups excluding carboxylic acids is 1. The molecule has 0 saturated carbocycles. The highest BCUT2D eigenvalue weighted by molar-refractivity contribution is 5.93. The summed E-state index contributed by atoms with van der Waals surface area (Å²) in [6, 6.07) is 6.16. The van der Waals surface area contributed by atoms with E-state index in [-0.39, 0.29) is 29.9 Å². The lowest BCUT2D eigenvalue weighted by molar-refractivity contribution is -0.173. The monoisotopic (exact) mass is 436 g/mol. The van der Waals surface area contributed by atoms with Gasteiger partial charge in [0.05, 0.1) is 13.2 Å². The van der Waals surface area contributed by atoms with Crippen molar-refractivity contribution in [3.63, 3.8) is 0 Å². The van der Waals surface area contributed by atoms with Gasteiger partial charge in [0, 0.05) is 25.1 Å². The Hall–Kier alpha value is -2.71. The Morgan fingerprint density at radius 3 is 2.81 bits per heavy atom. The van der Waals surface area contributed by atoms with E-state index in [0.29, 0.717) is 17.9 Å². The summed E-state index contributed by atoms with van der Waals surface area (Å²) in [7, 11) is 1.52. The molecule has 9 heteroatoms. The third-order valence-corrected chi connectivity index (χ3v) is 6.26. The number of halogens is 3. The molecule has 2 aliphatic heterocycles. The molecule has 3 atom stereocenters. The minimum Gasteiger partial charge on any atom is -0.497 e. The van der Waals surface area contributed by atoms with E-state index in [2.05, 4.69) is 10.4 Å². The number of hydrogen-bond donors (Lipinski definition) is 1. The molecule has 1 fully saturated rings. The highest BCUT2D eigenvalue weighted by Crippen LogP contribution is 2.44. The molecule has 31 heavy (non-hydrogen) atoms. The Kier molecular flexibility index (Phi) is 5.85. The fraction of sp³-hybridized carbons (Fsp3) is 0.545. The van der Waals surface area contributed by atoms with E-state index in [0.717, 1.165) is 30.4 Å². The normalized spacial score (nSPS) is 23.8. The van der Waals surface area contributed by atoms with Gasteiger partial charge < -0.3 is 15.0 Å². The molecule has 168 valence electrons. The Labute approximate surface area is 179 Å². The smallest absolute Gasteiger partial charge is 0.410 e. The molecule has 1 N–H and O–H groups in total. The molecule has 0 bridgehead atoms. The van der Waals surface area contributed by atoms with Crippen LogP contribution in [-0.4, -0.2) is 46.5 Å². The second-order valence-electron chi connectivity index (χ2n) is 8.18. The Morgan fingerprint density at radius 2 is 2.10 bits per heavy atom. The number of aromatic nitrogens is 2. The Morgan fingerprint density at radius 1 is 1.29 bits per heavy atom. The van der Waals surface area contributed by atoms with Gasteiger partial charge in [-0.05, 0) is 43.4 Å². The van der Waals surface area contributed by atoms with Gasteiger partial charge in [-0.1, -0.05) is 19.1 Å². The van der Waals surface area contributed by atoms with Crippen LogP contribution in [0.3, 0.4) is 0 Å². The number of methoxy groups -OCH3 is 1. The van der Waals surface area contributed by atoms with E-state index in [4.69, 9.17) is 4.74 Å². The fourth-order valence-electron chi connectivity index (χ4n) is 4.59. The van der Waals surface area contributed by atoms with Gasteiger partial charge in [-0.2, -0.15) is 18.3 Å². The summed E-state index contributed by atoms with van der Waals surface area (Å²) in [6.45, 7) is 2.64. The molecule has 0 radical (unpaired) electrons. The first-order valence-electron chi connectivity index (χ1n) is 10.7. The summed E-state index contributed by atoms with van der Waals surface area (Å²) >= 11 is 0. The van der Waals surface area contributed by atoms with Crippen LogP contribution in [-0.2, 0) is 0 Å². The second-order valence-corrected chi connectivity index (χ2v) is 8.18. The molecule has 1 saturated heterocycles. The molecule has 0 unspecified atom stereocenters. The van der Waals surface area contributed by atoms with E-state index < -0.39 is 18.3 Å². The second kappa shape index (κ2) is 8.43. The van der Waals surface area contributed by atoms with Crippen molar-refractivity contribution < 1.29 is 22.7 Å². The van der Waals surface area contributed by atoms with E-state index >= 15 is 0 Å². The SMILES string of the molecule is CC[C@H]1CCCCN1C(=O)c1cc2n(n1)[C@H](C(F)(F)F)C[C@H](c1cccc(OC)c1)N2. The Balaban J connectivity index is 1.66. The standard InChI is InChI=1S/C22H27F3N4O2/c1-3-15-8-4-5-10-28(15)21(30)18-13-20-26-17(14-7-6-9-16(11-14)31-2)12-19(22(23,24)25)29(20)27-18/h6-7,9,11,13,15,17,19,26H,3-5,8,10,12H2,1-2H3/t15-,17+,19-/m0/s1. The van der Waals surface area contributed by atoms with Crippen LogP contribution < -0.4 is 10.1 Å². The molecule has 0 aliphatic carbocycles. The molecule has 2 aliphatic rings. The Bertz CT molecular complexity index is 943. The average molecular weight is 436 g/mol. The number of anilines is 1. The largest absolute Gasteiger partial charge is 0.497 e. The molecule has 4 rings (SSSR count). The quantitative estimate of drug-likeness (QED) is 0.736. The van der Waals surface area contributed by atoms with Gasteiger partial charge in [0.25, 0.3) is 5.91 Å². The highest BCUT2D eigenvalue weighted by Gasteiger charge is 2.47. The molecule has 0 spiro atoms. The van der Waals surface area contributed by atoms with Gasteiger partial charge >= 0.3 is 6.18 Å². The zero-order valence-corrected chi connectivity index (χ0v) is 17.7. The maximum atomic E-state index is 13.9. The number of carbonyl (C=O) groups is 1. The molecular weight excluding hydrogens is 409 g/mol. The average Bonchev–Trinajstić information content (AvgIpc) is 3.21. The minimum absolute atomic E-state index is 0.0587. The van der Waals surface area contributed by atoms with Gasteiger partial charge in [0.2, 0.25) is 0 Å². The summed E-state index contributed by atoms with van der Waals surface area (Å²) in [5, 5.41) is 7.27. The van der Waals surface area contributed by atoms with Crippen LogP contribution >= 0.6 is 0 Å². The van der Waals surface area contributed by atoms with Gasteiger partial charge in [0.1, 0.15) is 11.6 Å². The predicted molar refractivity (Wildman–Crippen MR) is 110 cm³/mol. The zero-order valence-electron chi connectivity index (χ0n) is 17.7. The summed E-state index contributed by atoms with van der Waals surface area (Å²) in [6.07, 6.45) is -1.02. The third kappa shape index (κ3) is 4.22. The van der Waals surface area contributed by atoms with Gasteiger partial charge in [-0.25, -0.2) is 4.68 Å². The van der Waals surface area contributed by atoms with Gasteiger partial charge in [-0.3, -0.25) is 4.79 Å². The number of likely N-dealkylation sites (tertiary alicyclic amines) is 1.